The van der Waals surface area contributed by atoms with Gasteiger partial charge in [0.1, 0.15) is 6.04 Å². The maximum Gasteiger partial charge on any atom is 0.328 e. The fourth-order valence-electron chi connectivity index (χ4n) is 1.70. The number of thioether (sulfide) groups is 1. The van der Waals surface area contributed by atoms with Gasteiger partial charge in [0.2, 0.25) is 0 Å². The third kappa shape index (κ3) is 6.21. The van der Waals surface area contributed by atoms with E-state index in [-0.39, 0.29) is 12.0 Å². The summed E-state index contributed by atoms with van der Waals surface area (Å²) < 4.78 is 5.10. The summed E-state index contributed by atoms with van der Waals surface area (Å²) in [6.07, 6.45) is 3.79. The van der Waals surface area contributed by atoms with Gasteiger partial charge in [0.25, 0.3) is 0 Å². The molecule has 1 aromatic carbocycles. The van der Waals surface area contributed by atoms with Gasteiger partial charge in [0.05, 0.1) is 6.61 Å². The highest BCUT2D eigenvalue weighted by Gasteiger charge is 2.19. The van der Waals surface area contributed by atoms with Gasteiger partial charge in [0, 0.05) is 10.7 Å². The summed E-state index contributed by atoms with van der Waals surface area (Å²) in [4.78, 5) is 11.9. The molecule has 1 rings (SSSR count). The van der Waals surface area contributed by atoms with Crippen LogP contribution in [0, 0.1) is 0 Å². The van der Waals surface area contributed by atoms with Crippen molar-refractivity contribution in [2.45, 2.75) is 25.8 Å². The predicted octanol–water partition coefficient (Wildman–Crippen LogP) is 3.83. The van der Waals surface area contributed by atoms with Crippen LogP contribution in [0.15, 0.2) is 24.3 Å². The fraction of sp³-hybridized carbons (Fsp3) is 0.500. The molecule has 3 nitrogen and oxygen atoms in total. The lowest BCUT2D eigenvalue weighted by atomic mass is 10.1. The Balaban J connectivity index is 2.64. The molecule has 1 unspecified atom stereocenters. The maximum atomic E-state index is 11.9. The SMILES string of the molecule is CCOC(=O)C(CCCSC)Nc1cccc(Cl)c1. The molecule has 0 amide bonds. The number of nitrogens with one attached hydrogen (secondary N) is 1. The summed E-state index contributed by atoms with van der Waals surface area (Å²) in [7, 11) is 0. The zero-order chi connectivity index (χ0) is 14.1. The number of halogens is 1. The average Bonchev–Trinajstić information content (AvgIpc) is 2.38. The van der Waals surface area contributed by atoms with E-state index in [2.05, 4.69) is 11.6 Å². The molecule has 0 fully saturated rings. The van der Waals surface area contributed by atoms with Gasteiger partial charge in [-0.3, -0.25) is 0 Å². The minimum absolute atomic E-state index is 0.205. The zero-order valence-electron chi connectivity index (χ0n) is 11.3. The van der Waals surface area contributed by atoms with Gasteiger partial charge in [-0.25, -0.2) is 4.79 Å². The van der Waals surface area contributed by atoms with Crippen molar-refractivity contribution in [1.29, 1.82) is 0 Å². The van der Waals surface area contributed by atoms with Crippen LogP contribution in [-0.4, -0.2) is 30.6 Å². The van der Waals surface area contributed by atoms with Crippen LogP contribution in [0.1, 0.15) is 19.8 Å². The van der Waals surface area contributed by atoms with Crippen LogP contribution in [-0.2, 0) is 9.53 Å². The van der Waals surface area contributed by atoms with E-state index in [0.717, 1.165) is 24.3 Å². The van der Waals surface area contributed by atoms with Crippen LogP contribution in [0.25, 0.3) is 0 Å². The van der Waals surface area contributed by atoms with Crippen molar-refractivity contribution >= 4 is 35.0 Å². The Hall–Kier alpha value is -0.870. The van der Waals surface area contributed by atoms with E-state index < -0.39 is 0 Å². The third-order valence-corrected chi connectivity index (χ3v) is 3.51. The van der Waals surface area contributed by atoms with Crippen LogP contribution in [0.5, 0.6) is 0 Å². The molecule has 5 heteroatoms. The fourth-order valence-corrected chi connectivity index (χ4v) is 2.35. The third-order valence-electron chi connectivity index (χ3n) is 2.58. The molecule has 106 valence electrons. The first kappa shape index (κ1) is 16.2. The van der Waals surface area contributed by atoms with E-state index in [9.17, 15) is 4.79 Å². The van der Waals surface area contributed by atoms with Gasteiger partial charge in [-0.2, -0.15) is 11.8 Å². The second kappa shape index (κ2) is 9.10. The van der Waals surface area contributed by atoms with E-state index in [1.54, 1.807) is 17.8 Å². The first-order valence-corrected chi connectivity index (χ1v) is 8.12. The highest BCUT2D eigenvalue weighted by Crippen LogP contribution is 2.17. The topological polar surface area (TPSA) is 38.3 Å². The minimum atomic E-state index is -0.314. The summed E-state index contributed by atoms with van der Waals surface area (Å²) in [6.45, 7) is 2.21. The van der Waals surface area contributed by atoms with Crippen LogP contribution in [0.3, 0.4) is 0 Å². The summed E-state index contributed by atoms with van der Waals surface area (Å²) >= 11 is 7.71. The molecular weight excluding hydrogens is 282 g/mol. The Kier molecular flexibility index (Phi) is 7.75. The lowest BCUT2D eigenvalue weighted by Crippen LogP contribution is -2.31. The summed E-state index contributed by atoms with van der Waals surface area (Å²) in [5.74, 6) is 0.830. The molecule has 0 saturated carbocycles. The highest BCUT2D eigenvalue weighted by atomic mass is 35.5. The molecule has 0 aliphatic rings. The van der Waals surface area contributed by atoms with Crippen molar-refractivity contribution in [3.8, 4) is 0 Å². The average molecular weight is 302 g/mol. The zero-order valence-corrected chi connectivity index (χ0v) is 12.9. The lowest BCUT2D eigenvalue weighted by molar-refractivity contribution is -0.144. The van der Waals surface area contributed by atoms with Gasteiger partial charge in [-0.15, -0.1) is 0 Å². The van der Waals surface area contributed by atoms with Crippen molar-refractivity contribution in [3.63, 3.8) is 0 Å². The molecule has 0 saturated heterocycles. The lowest BCUT2D eigenvalue weighted by Gasteiger charge is -2.18. The smallest absolute Gasteiger partial charge is 0.328 e. The monoisotopic (exact) mass is 301 g/mol. The Bertz CT molecular complexity index is 401. The Labute approximate surface area is 124 Å². The molecule has 19 heavy (non-hydrogen) atoms. The van der Waals surface area contributed by atoms with Gasteiger partial charge < -0.3 is 10.1 Å². The number of carbonyl (C=O) groups is 1. The molecule has 1 atom stereocenters. The Morgan fingerprint density at radius 2 is 2.32 bits per heavy atom. The molecule has 0 spiro atoms. The number of esters is 1. The van der Waals surface area contributed by atoms with Crippen LogP contribution in [0.4, 0.5) is 5.69 Å². The Morgan fingerprint density at radius 3 is 2.95 bits per heavy atom. The predicted molar refractivity (Wildman–Crippen MR) is 83.1 cm³/mol. The summed E-state index contributed by atoms with van der Waals surface area (Å²) in [5, 5.41) is 3.84. The van der Waals surface area contributed by atoms with E-state index >= 15 is 0 Å². The number of benzene rings is 1. The summed E-state index contributed by atoms with van der Waals surface area (Å²) in [6, 6.07) is 7.05. The molecule has 0 aromatic heterocycles. The maximum absolute atomic E-state index is 11.9. The number of hydrogen-bond acceptors (Lipinski definition) is 4. The molecule has 0 radical (unpaired) electrons. The molecule has 0 aliphatic carbocycles. The van der Waals surface area contributed by atoms with E-state index in [1.807, 2.05) is 25.1 Å². The van der Waals surface area contributed by atoms with Crippen molar-refractivity contribution in [1.82, 2.24) is 0 Å². The summed E-state index contributed by atoms with van der Waals surface area (Å²) in [5.41, 5.74) is 0.842. The minimum Gasteiger partial charge on any atom is -0.464 e. The van der Waals surface area contributed by atoms with E-state index in [0.29, 0.717) is 11.6 Å². The molecule has 1 N–H and O–H groups in total. The molecule has 0 aliphatic heterocycles. The molecular formula is C14H20ClNO2S. The van der Waals surface area contributed by atoms with Gasteiger partial charge in [0.15, 0.2) is 0 Å². The van der Waals surface area contributed by atoms with Crippen LogP contribution < -0.4 is 5.32 Å². The van der Waals surface area contributed by atoms with E-state index in [1.165, 1.54) is 0 Å². The first-order valence-electron chi connectivity index (χ1n) is 6.35. The quantitative estimate of drug-likeness (QED) is 0.585. The molecule has 0 heterocycles. The standard InChI is InChI=1S/C14H20ClNO2S/c1-3-18-14(17)13(8-5-9-19-2)16-12-7-4-6-11(15)10-12/h4,6-7,10,13,16H,3,5,8-9H2,1-2H3. The van der Waals surface area contributed by atoms with Crippen LogP contribution in [0.2, 0.25) is 5.02 Å². The number of rotatable bonds is 8. The molecule has 1 aromatic rings. The number of carbonyl (C=O) groups excluding carboxylic acids is 1. The first-order chi connectivity index (χ1) is 9.17. The van der Waals surface area contributed by atoms with Gasteiger partial charge in [-0.1, -0.05) is 17.7 Å². The second-order valence-corrected chi connectivity index (χ2v) is 5.52. The Morgan fingerprint density at radius 1 is 1.53 bits per heavy atom. The van der Waals surface area contributed by atoms with Crippen LogP contribution >= 0.6 is 23.4 Å². The van der Waals surface area contributed by atoms with Crippen molar-refractivity contribution in [2.75, 3.05) is 23.9 Å². The number of hydrogen-bond donors (Lipinski definition) is 1. The van der Waals surface area contributed by atoms with E-state index in [4.69, 9.17) is 16.3 Å². The van der Waals surface area contributed by atoms with Crippen molar-refractivity contribution < 1.29 is 9.53 Å². The number of ether oxygens (including phenoxy) is 1. The highest BCUT2D eigenvalue weighted by molar-refractivity contribution is 7.98. The normalized spacial score (nSPS) is 11.9. The largest absolute Gasteiger partial charge is 0.464 e. The molecule has 0 bridgehead atoms. The van der Waals surface area contributed by atoms with Gasteiger partial charge in [-0.05, 0) is 50.0 Å². The second-order valence-electron chi connectivity index (χ2n) is 4.09. The van der Waals surface area contributed by atoms with Crippen molar-refractivity contribution in [3.05, 3.63) is 29.3 Å². The number of anilines is 1. The van der Waals surface area contributed by atoms with Crippen molar-refractivity contribution in [2.24, 2.45) is 0 Å². The van der Waals surface area contributed by atoms with Gasteiger partial charge >= 0.3 is 5.97 Å².